The van der Waals surface area contributed by atoms with Gasteiger partial charge in [-0.05, 0) is 0 Å². The monoisotopic (exact) mass is 883 g/mol. The third-order valence-corrected chi connectivity index (χ3v) is 10.7. The predicted octanol–water partition coefficient (Wildman–Crippen LogP) is -11.7. The Labute approximate surface area is 338 Å². The Morgan fingerprint density at radius 3 is 1.43 bits per heavy atom. The van der Waals surface area contributed by atoms with E-state index in [0.29, 0.717) is 0 Å². The summed E-state index contributed by atoms with van der Waals surface area (Å²) in [4.78, 5) is 24.8. The molecule has 0 aliphatic carbocycles. The van der Waals surface area contributed by atoms with Crippen molar-refractivity contribution in [3.8, 4) is 0 Å². The number of aliphatic hydroxyl groups is 15. The first-order chi connectivity index (χ1) is 28.3. The minimum atomic E-state index is -2.31. The van der Waals surface area contributed by atoms with Crippen LogP contribution >= 0.6 is 0 Å². The van der Waals surface area contributed by atoms with E-state index in [1.165, 1.54) is 0 Å². The molecule has 0 aromatic rings. The van der Waals surface area contributed by atoms with Crippen molar-refractivity contribution in [2.45, 2.75) is 160 Å². The van der Waals surface area contributed by atoms with Crippen molar-refractivity contribution < 1.29 is 134 Å². The second-order valence-electron chi connectivity index (χ2n) is 14.7. The molecule has 0 saturated carbocycles. The van der Waals surface area contributed by atoms with Gasteiger partial charge in [-0.1, -0.05) is 0 Å². The van der Waals surface area contributed by atoms with Gasteiger partial charge < -0.3 is 130 Å². The summed E-state index contributed by atoms with van der Waals surface area (Å²) in [5, 5.41) is 169. The molecule has 5 saturated heterocycles. The third kappa shape index (κ3) is 10.0. The molecule has 0 spiro atoms. The first-order valence-electron chi connectivity index (χ1n) is 18.6. The fourth-order valence-electron chi connectivity index (χ4n) is 7.39. The first kappa shape index (κ1) is 49.0. The molecule has 28 nitrogen and oxygen atoms in total. The van der Waals surface area contributed by atoms with E-state index in [4.69, 9.17) is 42.6 Å². The number of hydrogen-bond donors (Lipinski definition) is 17. The standard InChI is InChI=1S/C32H53NO27/c1-6(38)33-11-23(13(40)8(3-35)53-29(11)56-22-10(5-37)52-28(51)18(45)16(22)43)57-32-21(48)24(14(41)9(4-36)55-32)58-31-20(47)17(44)25(26(60-31)27(49)50)59-30-19(46)15(42)12(39)7(2-34)54-30/h7-26,28-32,34-37,39-48,51H,2-5H2,1H3,(H,33,38)(H,49,50)/t7-,8-,9-,10-,11+,12-,13-,14+,15+,16-,17-,18-,19-,20-,21-,22-,23-,24+,25+,26+,28-,29+,30-,31+,32-/m1/s1. The average molecular weight is 884 g/mol. The lowest BCUT2D eigenvalue weighted by Crippen LogP contribution is -2.70. The van der Waals surface area contributed by atoms with Crippen molar-refractivity contribution in [1.29, 1.82) is 0 Å². The molecule has 1 amide bonds. The SMILES string of the molecule is CC(=O)N[C@@H]1[C@H](O[C@H]2[C@H](O)[C@@H](O)[C@H](O)O[C@@H]2CO)O[C@H](CO)[C@@H](O)[C@@H]1O[C@H]1O[C@H](CO)[C@H](O)[C@H](O[C@H]2O[C@H](C(=O)O)[C@@H](O[C@H]3O[C@H](CO)[C@@H](O)[C@H](O)[C@H]3O)[C@H](O)[C@H]2O)[C@H]1O. The number of carbonyl (C=O) groups excluding carboxylic acids is 1. The first-order valence-corrected chi connectivity index (χ1v) is 18.6. The van der Waals surface area contributed by atoms with Crippen molar-refractivity contribution in [2.75, 3.05) is 26.4 Å². The second-order valence-corrected chi connectivity index (χ2v) is 14.7. The zero-order valence-corrected chi connectivity index (χ0v) is 31.4. The molecule has 0 unspecified atom stereocenters. The molecule has 0 bridgehead atoms. The molecule has 28 heteroatoms. The molecule has 0 radical (unpaired) electrons. The maximum absolute atomic E-state index is 12.4. The Morgan fingerprint density at radius 2 is 0.883 bits per heavy atom. The Kier molecular flexibility index (Phi) is 16.9. The fraction of sp³-hybridized carbons (Fsp3) is 0.938. The van der Waals surface area contributed by atoms with Crippen molar-refractivity contribution in [2.24, 2.45) is 0 Å². The number of ether oxygens (including phenoxy) is 9. The largest absolute Gasteiger partial charge is 0.479 e. The summed E-state index contributed by atoms with van der Waals surface area (Å²) < 4.78 is 49.4. The van der Waals surface area contributed by atoms with Gasteiger partial charge >= 0.3 is 5.97 Å². The number of amides is 1. The van der Waals surface area contributed by atoms with Crippen molar-refractivity contribution in [3.63, 3.8) is 0 Å². The van der Waals surface area contributed by atoms with E-state index in [9.17, 15) is 91.3 Å². The van der Waals surface area contributed by atoms with Gasteiger partial charge in [-0.3, -0.25) is 4.79 Å². The zero-order valence-electron chi connectivity index (χ0n) is 31.4. The van der Waals surface area contributed by atoms with Crippen LogP contribution in [0.2, 0.25) is 0 Å². The van der Waals surface area contributed by atoms with Crippen LogP contribution in [0.5, 0.6) is 0 Å². The van der Waals surface area contributed by atoms with Crippen LogP contribution < -0.4 is 5.32 Å². The van der Waals surface area contributed by atoms with Gasteiger partial charge in [0.05, 0.1) is 26.4 Å². The van der Waals surface area contributed by atoms with Crippen molar-refractivity contribution in [1.82, 2.24) is 5.32 Å². The molecule has 5 fully saturated rings. The highest BCUT2D eigenvalue weighted by atomic mass is 16.8. The molecule has 0 aromatic carbocycles. The Hall–Kier alpha value is -2.02. The van der Waals surface area contributed by atoms with Gasteiger partial charge in [-0.2, -0.15) is 0 Å². The Bertz CT molecular complexity index is 1400. The maximum atomic E-state index is 12.4. The number of nitrogens with one attached hydrogen (secondary N) is 1. The van der Waals surface area contributed by atoms with E-state index in [-0.39, 0.29) is 0 Å². The van der Waals surface area contributed by atoms with Crippen LogP contribution in [0, 0.1) is 0 Å². The lowest BCUT2D eigenvalue weighted by Gasteiger charge is -2.50. The number of aliphatic hydroxyl groups excluding tert-OH is 15. The number of rotatable bonds is 14. The fourth-order valence-corrected chi connectivity index (χ4v) is 7.39. The molecule has 348 valence electrons. The molecule has 5 rings (SSSR count). The van der Waals surface area contributed by atoms with Gasteiger partial charge in [0.15, 0.2) is 37.6 Å². The van der Waals surface area contributed by atoms with Crippen molar-refractivity contribution >= 4 is 11.9 Å². The number of carboxylic acid groups (broad SMARTS) is 1. The summed E-state index contributed by atoms with van der Waals surface area (Å²) in [7, 11) is 0. The molecular formula is C32H53NO27. The summed E-state index contributed by atoms with van der Waals surface area (Å²) in [5.74, 6) is -2.70. The number of hydrogen-bond acceptors (Lipinski definition) is 26. The molecular weight excluding hydrogens is 830 g/mol. The van der Waals surface area contributed by atoms with Gasteiger partial charge in [0.1, 0.15) is 116 Å². The smallest absolute Gasteiger partial charge is 0.335 e. The van der Waals surface area contributed by atoms with Crippen LogP contribution in [0.4, 0.5) is 0 Å². The maximum Gasteiger partial charge on any atom is 0.335 e. The topological polar surface area (TPSA) is 453 Å². The van der Waals surface area contributed by atoms with Gasteiger partial charge in [-0.15, -0.1) is 0 Å². The summed E-state index contributed by atoms with van der Waals surface area (Å²) in [6.07, 6.45) is -47.4. The third-order valence-electron chi connectivity index (χ3n) is 10.7. The van der Waals surface area contributed by atoms with Crippen LogP contribution in [0.1, 0.15) is 6.92 Å². The second kappa shape index (κ2) is 20.7. The van der Waals surface area contributed by atoms with E-state index in [1.54, 1.807) is 0 Å². The van der Waals surface area contributed by atoms with Crippen LogP contribution in [0.25, 0.3) is 0 Å². The average Bonchev–Trinajstić information content (AvgIpc) is 3.21. The van der Waals surface area contributed by atoms with E-state index >= 15 is 0 Å². The quantitative estimate of drug-likeness (QED) is 0.0770. The van der Waals surface area contributed by atoms with Gasteiger partial charge in [-0.25, -0.2) is 4.79 Å². The highest BCUT2D eigenvalue weighted by molar-refractivity contribution is 5.73. The normalized spacial score (nSPS) is 50.2. The highest BCUT2D eigenvalue weighted by Gasteiger charge is 2.57. The zero-order chi connectivity index (χ0) is 44.5. The highest BCUT2D eigenvalue weighted by Crippen LogP contribution is 2.36. The van der Waals surface area contributed by atoms with Crippen LogP contribution in [0.15, 0.2) is 0 Å². The Morgan fingerprint density at radius 1 is 0.450 bits per heavy atom. The van der Waals surface area contributed by atoms with Crippen LogP contribution in [-0.2, 0) is 52.2 Å². The molecule has 17 N–H and O–H groups in total. The lowest BCUT2D eigenvalue weighted by atomic mass is 9.94. The van der Waals surface area contributed by atoms with Crippen molar-refractivity contribution in [3.05, 3.63) is 0 Å². The van der Waals surface area contributed by atoms with Gasteiger partial charge in [0.25, 0.3) is 0 Å². The summed E-state index contributed by atoms with van der Waals surface area (Å²) >= 11 is 0. The summed E-state index contributed by atoms with van der Waals surface area (Å²) in [6, 6.07) is -1.69. The molecule has 0 aromatic heterocycles. The van der Waals surface area contributed by atoms with Crippen LogP contribution in [0.3, 0.4) is 0 Å². The summed E-state index contributed by atoms with van der Waals surface area (Å²) in [6.45, 7) is -2.78. The van der Waals surface area contributed by atoms with E-state index in [2.05, 4.69) is 5.32 Å². The minimum Gasteiger partial charge on any atom is -0.479 e. The van der Waals surface area contributed by atoms with E-state index in [1.807, 2.05) is 0 Å². The van der Waals surface area contributed by atoms with Gasteiger partial charge in [0.2, 0.25) is 5.91 Å². The molecule has 25 atom stereocenters. The molecule has 5 heterocycles. The van der Waals surface area contributed by atoms with Crippen LogP contribution in [-0.4, -0.2) is 273 Å². The lowest BCUT2D eigenvalue weighted by molar-refractivity contribution is -0.385. The van der Waals surface area contributed by atoms with E-state index in [0.717, 1.165) is 6.92 Å². The predicted molar refractivity (Wildman–Crippen MR) is 179 cm³/mol. The number of aliphatic carboxylic acids is 1. The number of carboxylic acids is 1. The molecule has 60 heavy (non-hydrogen) atoms. The molecule has 5 aliphatic rings. The Balaban J connectivity index is 1.37. The number of carbonyl (C=O) groups is 2. The van der Waals surface area contributed by atoms with E-state index < -0.39 is 192 Å². The summed E-state index contributed by atoms with van der Waals surface area (Å²) in [5.41, 5.74) is 0. The minimum absolute atomic E-state index is 0.825. The van der Waals surface area contributed by atoms with Gasteiger partial charge in [0, 0.05) is 6.92 Å². The molecule has 5 aliphatic heterocycles.